The Hall–Kier alpha value is -1.68. The van der Waals surface area contributed by atoms with Crippen LogP contribution in [0.2, 0.25) is 0 Å². The van der Waals surface area contributed by atoms with Gasteiger partial charge in [0, 0.05) is 11.8 Å². The van der Waals surface area contributed by atoms with Crippen LogP contribution in [-0.4, -0.2) is 19.7 Å². The second-order valence-corrected chi connectivity index (χ2v) is 5.46. The second kappa shape index (κ2) is 4.06. The van der Waals surface area contributed by atoms with Gasteiger partial charge in [0.1, 0.15) is 0 Å². The van der Waals surface area contributed by atoms with Gasteiger partial charge < -0.3 is 0 Å². The van der Waals surface area contributed by atoms with E-state index in [4.69, 9.17) is 0 Å². The minimum absolute atomic E-state index is 0.105. The molecule has 0 atom stereocenters. The maximum Gasteiger partial charge on any atom is 0.192 e. The summed E-state index contributed by atoms with van der Waals surface area (Å²) in [5, 5.41) is 0.105. The Morgan fingerprint density at radius 3 is 2.25 bits per heavy atom. The molecule has 0 bridgehead atoms. The van der Waals surface area contributed by atoms with Crippen LogP contribution in [0, 0.1) is 0 Å². The van der Waals surface area contributed by atoms with Gasteiger partial charge in [-0.3, -0.25) is 0 Å². The minimum atomic E-state index is -3.24. The summed E-state index contributed by atoms with van der Waals surface area (Å²) in [5.41, 5.74) is 1.58. The normalized spacial score (nSPS) is 11.3. The van der Waals surface area contributed by atoms with E-state index >= 15 is 0 Å². The van der Waals surface area contributed by atoms with Gasteiger partial charge in [0.25, 0.3) is 0 Å². The lowest BCUT2D eigenvalue weighted by molar-refractivity contribution is 0.598. The van der Waals surface area contributed by atoms with E-state index in [0.29, 0.717) is 5.69 Å². The molecule has 1 aromatic heterocycles. The summed E-state index contributed by atoms with van der Waals surface area (Å²) in [5.74, 6) is 0. The number of nitrogens with zero attached hydrogens (tertiary/aromatic N) is 1. The summed E-state index contributed by atoms with van der Waals surface area (Å²) < 4.78 is 22.7. The Kier molecular flexibility index (Phi) is 2.75. The van der Waals surface area contributed by atoms with Gasteiger partial charge in [-0.2, -0.15) is 0 Å². The largest absolute Gasteiger partial charge is 0.236 e. The number of pyridine rings is 1. The minimum Gasteiger partial charge on any atom is -0.236 e. The number of aromatic nitrogens is 1. The highest BCUT2D eigenvalue weighted by atomic mass is 32.2. The van der Waals surface area contributed by atoms with Crippen molar-refractivity contribution in [3.8, 4) is 11.3 Å². The molecule has 0 saturated heterocycles. The van der Waals surface area contributed by atoms with Gasteiger partial charge in [0.05, 0.1) is 5.69 Å². The molecule has 0 aliphatic rings. The summed E-state index contributed by atoms with van der Waals surface area (Å²) in [6.07, 6.45) is 1.16. The van der Waals surface area contributed by atoms with Gasteiger partial charge >= 0.3 is 0 Å². The quantitative estimate of drug-likeness (QED) is 0.798. The molecule has 4 heteroatoms. The van der Waals surface area contributed by atoms with E-state index in [2.05, 4.69) is 4.98 Å². The monoisotopic (exact) mass is 233 g/mol. The lowest BCUT2D eigenvalue weighted by atomic mass is 10.1. The van der Waals surface area contributed by atoms with Crippen LogP contribution in [0.25, 0.3) is 11.3 Å². The zero-order valence-electron chi connectivity index (χ0n) is 8.79. The molecule has 2 aromatic rings. The molecule has 0 N–H and O–H groups in total. The standard InChI is InChI=1S/C12H11NO2S/c1-16(14,15)12-9-5-8-11(13-12)10-6-3-2-4-7-10/h2-9H,1H3. The van der Waals surface area contributed by atoms with Crippen LogP contribution in [-0.2, 0) is 9.84 Å². The maximum absolute atomic E-state index is 11.4. The molecule has 3 nitrogen and oxygen atoms in total. The van der Waals surface area contributed by atoms with E-state index in [9.17, 15) is 8.42 Å². The van der Waals surface area contributed by atoms with Crippen molar-refractivity contribution in [2.75, 3.05) is 6.26 Å². The fourth-order valence-electron chi connectivity index (χ4n) is 1.39. The van der Waals surface area contributed by atoms with Crippen molar-refractivity contribution in [3.05, 3.63) is 48.5 Å². The zero-order chi connectivity index (χ0) is 11.6. The van der Waals surface area contributed by atoms with E-state index in [-0.39, 0.29) is 5.03 Å². The SMILES string of the molecule is CS(=O)(=O)c1cccc(-c2ccccc2)n1. The summed E-state index contributed by atoms with van der Waals surface area (Å²) in [4.78, 5) is 4.13. The number of benzene rings is 1. The van der Waals surface area contributed by atoms with E-state index in [0.717, 1.165) is 11.8 Å². The van der Waals surface area contributed by atoms with Crippen LogP contribution in [0.3, 0.4) is 0 Å². The predicted octanol–water partition coefficient (Wildman–Crippen LogP) is 2.15. The smallest absolute Gasteiger partial charge is 0.192 e. The molecule has 0 amide bonds. The lowest BCUT2D eigenvalue weighted by Gasteiger charge is -2.02. The van der Waals surface area contributed by atoms with Gasteiger partial charge in [-0.25, -0.2) is 13.4 Å². The molecule has 16 heavy (non-hydrogen) atoms. The molecule has 0 unspecified atom stereocenters. The van der Waals surface area contributed by atoms with Crippen LogP contribution >= 0.6 is 0 Å². The molecule has 0 radical (unpaired) electrons. The lowest BCUT2D eigenvalue weighted by Crippen LogP contribution is -2.00. The Balaban J connectivity index is 2.53. The number of hydrogen-bond donors (Lipinski definition) is 0. The van der Waals surface area contributed by atoms with Gasteiger partial charge in [-0.1, -0.05) is 36.4 Å². The highest BCUT2D eigenvalue weighted by Crippen LogP contribution is 2.17. The predicted molar refractivity (Wildman–Crippen MR) is 62.8 cm³/mol. The van der Waals surface area contributed by atoms with E-state index in [1.54, 1.807) is 12.1 Å². The van der Waals surface area contributed by atoms with Crippen molar-refractivity contribution in [2.24, 2.45) is 0 Å². The Labute approximate surface area is 94.7 Å². The Bertz CT molecular complexity index is 591. The van der Waals surface area contributed by atoms with E-state index in [1.165, 1.54) is 6.07 Å². The van der Waals surface area contributed by atoms with E-state index in [1.807, 2.05) is 30.3 Å². The first kappa shape index (κ1) is 10.8. The van der Waals surface area contributed by atoms with E-state index < -0.39 is 9.84 Å². The van der Waals surface area contributed by atoms with Crippen LogP contribution in [0.15, 0.2) is 53.6 Å². The molecular formula is C12H11NO2S. The first-order chi connectivity index (χ1) is 7.57. The molecule has 82 valence electrons. The van der Waals surface area contributed by atoms with Gasteiger partial charge in [-0.05, 0) is 12.1 Å². The highest BCUT2D eigenvalue weighted by molar-refractivity contribution is 7.90. The second-order valence-electron chi connectivity index (χ2n) is 3.50. The van der Waals surface area contributed by atoms with Crippen molar-refractivity contribution in [1.29, 1.82) is 0 Å². The molecule has 0 fully saturated rings. The fourth-order valence-corrected chi connectivity index (χ4v) is 1.98. The summed E-state index contributed by atoms with van der Waals surface area (Å²) in [6, 6.07) is 14.5. The third kappa shape index (κ3) is 2.28. The summed E-state index contributed by atoms with van der Waals surface area (Å²) in [7, 11) is -3.24. The Morgan fingerprint density at radius 2 is 1.62 bits per heavy atom. The van der Waals surface area contributed by atoms with Crippen molar-refractivity contribution in [1.82, 2.24) is 4.98 Å². The third-order valence-corrected chi connectivity index (χ3v) is 3.16. The molecule has 0 aliphatic heterocycles. The maximum atomic E-state index is 11.4. The first-order valence-corrected chi connectivity index (χ1v) is 6.69. The first-order valence-electron chi connectivity index (χ1n) is 4.80. The van der Waals surface area contributed by atoms with Crippen molar-refractivity contribution in [2.45, 2.75) is 5.03 Å². The third-order valence-electron chi connectivity index (χ3n) is 2.17. The molecule has 0 saturated carbocycles. The topological polar surface area (TPSA) is 47.0 Å². The van der Waals surface area contributed by atoms with Gasteiger partial charge in [0.2, 0.25) is 0 Å². The van der Waals surface area contributed by atoms with Crippen molar-refractivity contribution in [3.63, 3.8) is 0 Å². The molecule has 0 spiro atoms. The average molecular weight is 233 g/mol. The van der Waals surface area contributed by atoms with Crippen LogP contribution < -0.4 is 0 Å². The zero-order valence-corrected chi connectivity index (χ0v) is 9.61. The van der Waals surface area contributed by atoms with Crippen molar-refractivity contribution >= 4 is 9.84 Å². The number of sulfone groups is 1. The highest BCUT2D eigenvalue weighted by Gasteiger charge is 2.09. The fraction of sp³-hybridized carbons (Fsp3) is 0.0833. The molecule has 2 rings (SSSR count). The molecular weight excluding hydrogens is 222 g/mol. The van der Waals surface area contributed by atoms with Gasteiger partial charge in [0.15, 0.2) is 14.9 Å². The van der Waals surface area contributed by atoms with Crippen LogP contribution in [0.1, 0.15) is 0 Å². The number of hydrogen-bond acceptors (Lipinski definition) is 3. The molecule has 1 heterocycles. The molecule has 0 aliphatic carbocycles. The Morgan fingerprint density at radius 1 is 0.938 bits per heavy atom. The average Bonchev–Trinajstić information content (AvgIpc) is 2.29. The van der Waals surface area contributed by atoms with Crippen molar-refractivity contribution < 1.29 is 8.42 Å². The van der Waals surface area contributed by atoms with Crippen LogP contribution in [0.5, 0.6) is 0 Å². The number of rotatable bonds is 2. The van der Waals surface area contributed by atoms with Crippen LogP contribution in [0.4, 0.5) is 0 Å². The summed E-state index contributed by atoms with van der Waals surface area (Å²) >= 11 is 0. The van der Waals surface area contributed by atoms with Gasteiger partial charge in [-0.15, -0.1) is 0 Å². The summed E-state index contributed by atoms with van der Waals surface area (Å²) in [6.45, 7) is 0. The molecule has 1 aromatic carbocycles.